The molecule has 1 saturated carbocycles. The van der Waals surface area contributed by atoms with Crippen molar-refractivity contribution in [1.82, 2.24) is 10.2 Å². The smallest absolute Gasteiger partial charge is 0.317 e. The number of rotatable bonds is 4. The second-order valence-corrected chi connectivity index (χ2v) is 3.84. The van der Waals surface area contributed by atoms with Crippen LogP contribution in [0.15, 0.2) is 0 Å². The van der Waals surface area contributed by atoms with E-state index in [1.165, 1.54) is 4.90 Å². The molecule has 2 N–H and O–H groups in total. The zero-order chi connectivity index (χ0) is 10.7. The molecule has 0 saturated heterocycles. The van der Waals surface area contributed by atoms with Gasteiger partial charge in [0.1, 0.15) is 0 Å². The van der Waals surface area contributed by atoms with Gasteiger partial charge in [0.25, 0.3) is 0 Å². The minimum Gasteiger partial charge on any atom is -0.481 e. The first kappa shape index (κ1) is 10.8. The van der Waals surface area contributed by atoms with Crippen molar-refractivity contribution < 1.29 is 14.7 Å². The van der Waals surface area contributed by atoms with Gasteiger partial charge in [0.2, 0.25) is 0 Å². The third-order valence-electron chi connectivity index (χ3n) is 2.22. The van der Waals surface area contributed by atoms with Gasteiger partial charge in [0, 0.05) is 19.6 Å². The van der Waals surface area contributed by atoms with Crippen LogP contribution in [0.25, 0.3) is 0 Å². The molecule has 5 heteroatoms. The van der Waals surface area contributed by atoms with Gasteiger partial charge < -0.3 is 15.3 Å². The first-order valence-corrected chi connectivity index (χ1v) is 4.75. The van der Waals surface area contributed by atoms with Crippen LogP contribution in [0.1, 0.15) is 19.8 Å². The van der Waals surface area contributed by atoms with E-state index in [2.05, 4.69) is 5.32 Å². The van der Waals surface area contributed by atoms with Crippen molar-refractivity contribution in [2.75, 3.05) is 13.6 Å². The molecule has 0 aliphatic heterocycles. The summed E-state index contributed by atoms with van der Waals surface area (Å²) >= 11 is 0. The van der Waals surface area contributed by atoms with Crippen molar-refractivity contribution in [3.8, 4) is 0 Å². The van der Waals surface area contributed by atoms with Gasteiger partial charge in [0.15, 0.2) is 0 Å². The SMILES string of the molecule is CC(CN(C)C(=O)NC1CC1)C(=O)O. The molecular formula is C9H16N2O3. The van der Waals surface area contributed by atoms with Crippen molar-refractivity contribution in [2.45, 2.75) is 25.8 Å². The molecule has 0 aromatic carbocycles. The van der Waals surface area contributed by atoms with Gasteiger partial charge in [-0.3, -0.25) is 4.79 Å². The highest BCUT2D eigenvalue weighted by Gasteiger charge is 2.25. The van der Waals surface area contributed by atoms with Crippen LogP contribution < -0.4 is 5.32 Å². The van der Waals surface area contributed by atoms with Crippen molar-refractivity contribution >= 4 is 12.0 Å². The lowest BCUT2D eigenvalue weighted by molar-refractivity contribution is -0.141. The molecule has 0 heterocycles. The van der Waals surface area contributed by atoms with E-state index in [0.29, 0.717) is 6.04 Å². The quantitative estimate of drug-likeness (QED) is 0.694. The van der Waals surface area contributed by atoms with Crippen LogP contribution >= 0.6 is 0 Å². The van der Waals surface area contributed by atoms with Crippen LogP contribution in [-0.4, -0.2) is 41.6 Å². The Morgan fingerprint density at radius 3 is 2.57 bits per heavy atom. The number of carbonyl (C=O) groups excluding carboxylic acids is 1. The molecule has 5 nitrogen and oxygen atoms in total. The van der Waals surface area contributed by atoms with Crippen molar-refractivity contribution in [3.05, 3.63) is 0 Å². The van der Waals surface area contributed by atoms with E-state index in [1.54, 1.807) is 14.0 Å². The van der Waals surface area contributed by atoms with E-state index in [0.717, 1.165) is 12.8 Å². The topological polar surface area (TPSA) is 69.6 Å². The predicted molar refractivity (Wildman–Crippen MR) is 51.0 cm³/mol. The van der Waals surface area contributed by atoms with E-state index < -0.39 is 11.9 Å². The largest absolute Gasteiger partial charge is 0.481 e. The van der Waals surface area contributed by atoms with Gasteiger partial charge in [-0.1, -0.05) is 6.92 Å². The lowest BCUT2D eigenvalue weighted by atomic mass is 10.2. The first-order valence-electron chi connectivity index (χ1n) is 4.75. The molecule has 0 spiro atoms. The van der Waals surface area contributed by atoms with Crippen LogP contribution in [-0.2, 0) is 4.79 Å². The Morgan fingerprint density at radius 1 is 1.57 bits per heavy atom. The highest BCUT2D eigenvalue weighted by Crippen LogP contribution is 2.18. The number of hydrogen-bond donors (Lipinski definition) is 2. The Hall–Kier alpha value is -1.26. The van der Waals surface area contributed by atoms with Gasteiger partial charge in [-0.2, -0.15) is 0 Å². The zero-order valence-electron chi connectivity index (χ0n) is 8.49. The second-order valence-electron chi connectivity index (χ2n) is 3.84. The summed E-state index contributed by atoms with van der Waals surface area (Å²) in [7, 11) is 1.61. The number of carboxylic acids is 1. The molecule has 0 aromatic rings. The number of hydrogen-bond acceptors (Lipinski definition) is 2. The van der Waals surface area contributed by atoms with E-state index in [9.17, 15) is 9.59 Å². The van der Waals surface area contributed by atoms with Crippen LogP contribution in [0, 0.1) is 5.92 Å². The number of aliphatic carboxylic acids is 1. The van der Waals surface area contributed by atoms with Gasteiger partial charge in [0.05, 0.1) is 5.92 Å². The van der Waals surface area contributed by atoms with Gasteiger partial charge in [-0.25, -0.2) is 4.79 Å². The Labute approximate surface area is 83.1 Å². The summed E-state index contributed by atoms with van der Waals surface area (Å²) in [6.45, 7) is 1.83. The molecule has 1 rings (SSSR count). The normalized spacial score (nSPS) is 17.3. The number of urea groups is 1. The standard InChI is InChI=1S/C9H16N2O3/c1-6(8(12)13)5-11(2)9(14)10-7-3-4-7/h6-7H,3-5H2,1-2H3,(H,10,14)(H,12,13). The molecule has 0 bridgehead atoms. The lowest BCUT2D eigenvalue weighted by Crippen LogP contribution is -2.41. The van der Waals surface area contributed by atoms with Crippen LogP contribution in [0.4, 0.5) is 4.79 Å². The van der Waals surface area contributed by atoms with E-state index in [1.807, 2.05) is 0 Å². The molecule has 2 amide bonds. The summed E-state index contributed by atoms with van der Waals surface area (Å²) in [4.78, 5) is 23.3. The van der Waals surface area contributed by atoms with Crippen LogP contribution in [0.5, 0.6) is 0 Å². The molecule has 1 aliphatic rings. The number of nitrogens with one attached hydrogen (secondary N) is 1. The second kappa shape index (κ2) is 4.30. The van der Waals surface area contributed by atoms with Crippen LogP contribution in [0.3, 0.4) is 0 Å². The lowest BCUT2D eigenvalue weighted by Gasteiger charge is -2.19. The Bertz CT molecular complexity index is 238. The van der Waals surface area contributed by atoms with Gasteiger partial charge in [-0.05, 0) is 12.8 Å². The maximum Gasteiger partial charge on any atom is 0.317 e. The van der Waals surface area contributed by atoms with Crippen molar-refractivity contribution in [1.29, 1.82) is 0 Å². The maximum absolute atomic E-state index is 11.4. The third kappa shape index (κ3) is 3.24. The molecule has 0 aromatic heterocycles. The van der Waals surface area contributed by atoms with Gasteiger partial charge >= 0.3 is 12.0 Å². The molecule has 1 atom stereocenters. The fourth-order valence-electron chi connectivity index (χ4n) is 1.08. The Balaban J connectivity index is 2.28. The summed E-state index contributed by atoms with van der Waals surface area (Å²) in [5.74, 6) is -1.40. The highest BCUT2D eigenvalue weighted by atomic mass is 16.4. The predicted octanol–water partition coefficient (Wildman–Crippen LogP) is 0.511. The molecule has 1 aliphatic carbocycles. The number of nitrogens with zero attached hydrogens (tertiary/aromatic N) is 1. The fourth-order valence-corrected chi connectivity index (χ4v) is 1.08. The number of carbonyl (C=O) groups is 2. The molecule has 0 radical (unpaired) electrons. The fraction of sp³-hybridized carbons (Fsp3) is 0.778. The third-order valence-corrected chi connectivity index (χ3v) is 2.22. The summed E-state index contributed by atoms with van der Waals surface area (Å²) < 4.78 is 0. The maximum atomic E-state index is 11.4. The van der Waals surface area contributed by atoms with Gasteiger partial charge in [-0.15, -0.1) is 0 Å². The Kier molecular flexibility index (Phi) is 3.33. The zero-order valence-corrected chi connectivity index (χ0v) is 8.49. The molecule has 14 heavy (non-hydrogen) atoms. The highest BCUT2D eigenvalue weighted by molar-refractivity contribution is 5.76. The summed E-state index contributed by atoms with van der Waals surface area (Å²) in [6.07, 6.45) is 2.07. The summed E-state index contributed by atoms with van der Waals surface area (Å²) in [6, 6.07) is 0.130. The minimum absolute atomic E-state index is 0.180. The summed E-state index contributed by atoms with van der Waals surface area (Å²) in [5.41, 5.74) is 0. The minimum atomic E-state index is -0.879. The summed E-state index contributed by atoms with van der Waals surface area (Å²) in [5, 5.41) is 11.4. The van der Waals surface area contributed by atoms with E-state index >= 15 is 0 Å². The van der Waals surface area contributed by atoms with Crippen molar-refractivity contribution in [2.24, 2.45) is 5.92 Å². The number of amides is 2. The molecule has 80 valence electrons. The molecule has 1 unspecified atom stereocenters. The first-order chi connectivity index (χ1) is 6.50. The van der Waals surface area contributed by atoms with Crippen LogP contribution in [0.2, 0.25) is 0 Å². The molecule has 1 fully saturated rings. The number of carboxylic acid groups (broad SMARTS) is 1. The average Bonchev–Trinajstić information content (AvgIpc) is 2.87. The van der Waals surface area contributed by atoms with E-state index in [4.69, 9.17) is 5.11 Å². The molecular weight excluding hydrogens is 184 g/mol. The monoisotopic (exact) mass is 200 g/mol. The average molecular weight is 200 g/mol. The van der Waals surface area contributed by atoms with E-state index in [-0.39, 0.29) is 12.6 Å². The van der Waals surface area contributed by atoms with Crippen molar-refractivity contribution in [3.63, 3.8) is 0 Å². The Morgan fingerprint density at radius 2 is 2.14 bits per heavy atom.